The van der Waals surface area contributed by atoms with Gasteiger partial charge in [0.15, 0.2) is 0 Å². The van der Waals surface area contributed by atoms with E-state index in [2.05, 4.69) is 15.4 Å². The molecule has 1 aromatic carbocycles. The summed E-state index contributed by atoms with van der Waals surface area (Å²) in [5.74, 6) is 0.0811. The number of pyridine rings is 1. The number of benzene rings is 1. The van der Waals surface area contributed by atoms with Gasteiger partial charge in [0.25, 0.3) is 5.91 Å². The Labute approximate surface area is 142 Å². The maximum absolute atomic E-state index is 12.3. The van der Waals surface area contributed by atoms with E-state index in [1.165, 1.54) is 27.6 Å². The number of rotatable bonds is 3. The second kappa shape index (κ2) is 6.29. The third-order valence-electron chi connectivity index (χ3n) is 3.40. The molecule has 0 aliphatic heterocycles. The molecule has 122 valence electrons. The maximum Gasteiger partial charge on any atom is 0.295 e. The van der Waals surface area contributed by atoms with Crippen molar-refractivity contribution in [2.75, 3.05) is 5.32 Å². The Hall–Kier alpha value is -2.93. The Balaban J connectivity index is 1.89. The van der Waals surface area contributed by atoms with Crippen LogP contribution in [0.2, 0.25) is 5.02 Å². The van der Waals surface area contributed by atoms with E-state index >= 15 is 0 Å². The van der Waals surface area contributed by atoms with Crippen molar-refractivity contribution in [2.24, 2.45) is 7.05 Å². The molecule has 0 aliphatic carbocycles. The van der Waals surface area contributed by atoms with Crippen molar-refractivity contribution in [3.63, 3.8) is 0 Å². The highest BCUT2D eigenvalue weighted by molar-refractivity contribution is 6.32. The third-order valence-corrected chi connectivity index (χ3v) is 3.72. The highest BCUT2D eigenvalue weighted by Crippen LogP contribution is 2.20. The number of nitrogens with zero attached hydrogens (tertiary/aromatic N) is 4. The van der Waals surface area contributed by atoms with Crippen LogP contribution in [0.5, 0.6) is 0 Å². The molecule has 1 N–H and O–H groups in total. The van der Waals surface area contributed by atoms with Gasteiger partial charge in [-0.1, -0.05) is 23.7 Å². The molecule has 7 nitrogen and oxygen atoms in total. The molecule has 0 radical (unpaired) electrons. The van der Waals surface area contributed by atoms with Crippen molar-refractivity contribution in [1.29, 1.82) is 0 Å². The van der Waals surface area contributed by atoms with E-state index in [0.29, 0.717) is 22.2 Å². The lowest BCUT2D eigenvalue weighted by Crippen LogP contribution is -2.18. The minimum atomic E-state index is -0.470. The molecular formula is C16H14ClN5O2. The molecule has 1 amide bonds. The second-order valence-corrected chi connectivity index (χ2v) is 5.57. The van der Waals surface area contributed by atoms with Crippen LogP contribution in [0.4, 0.5) is 5.69 Å². The predicted octanol–water partition coefficient (Wildman–Crippen LogP) is 2.18. The summed E-state index contributed by atoms with van der Waals surface area (Å²) in [6.07, 6.45) is 1.53. The van der Waals surface area contributed by atoms with E-state index in [9.17, 15) is 9.59 Å². The molecule has 24 heavy (non-hydrogen) atoms. The Morgan fingerprint density at radius 3 is 2.67 bits per heavy atom. The number of aryl methyl sites for hydroxylation is 2. The lowest BCUT2D eigenvalue weighted by molar-refractivity contribution is 0.101. The topological polar surface area (TPSA) is 81.8 Å². The highest BCUT2D eigenvalue weighted by Gasteiger charge is 2.16. The van der Waals surface area contributed by atoms with Gasteiger partial charge in [-0.05, 0) is 25.1 Å². The zero-order valence-corrected chi connectivity index (χ0v) is 13.8. The first kappa shape index (κ1) is 15.9. The zero-order chi connectivity index (χ0) is 17.3. The van der Waals surface area contributed by atoms with Gasteiger partial charge in [-0.2, -0.15) is 0 Å². The van der Waals surface area contributed by atoms with Crippen LogP contribution in [0.3, 0.4) is 0 Å². The summed E-state index contributed by atoms with van der Waals surface area (Å²) in [5, 5.41) is 7.39. The zero-order valence-electron chi connectivity index (χ0n) is 13.0. The Morgan fingerprint density at radius 2 is 1.96 bits per heavy atom. The summed E-state index contributed by atoms with van der Waals surface area (Å²) in [6.45, 7) is 1.74. The molecule has 0 unspecified atom stereocenters. The molecule has 8 heteroatoms. The molecule has 0 fully saturated rings. The smallest absolute Gasteiger partial charge is 0.295 e. The minimum absolute atomic E-state index is 0.0151. The van der Waals surface area contributed by atoms with Crippen molar-refractivity contribution in [1.82, 2.24) is 19.3 Å². The minimum Gasteiger partial charge on any atom is -0.318 e. The van der Waals surface area contributed by atoms with E-state index in [-0.39, 0.29) is 11.4 Å². The standard InChI is InChI=1S/C16H14ClN5O2/c1-10-18-15(20-22(10)13-6-4-3-5-12(13)17)16(24)19-11-7-8-14(23)21(2)9-11/h3-9H,1-2H3,(H,19,24). The van der Waals surface area contributed by atoms with Crippen molar-refractivity contribution in [3.8, 4) is 5.69 Å². The number of para-hydroxylation sites is 1. The Morgan fingerprint density at radius 1 is 1.21 bits per heavy atom. The fourth-order valence-electron chi connectivity index (χ4n) is 2.19. The molecule has 0 atom stereocenters. The summed E-state index contributed by atoms with van der Waals surface area (Å²) in [4.78, 5) is 27.9. The largest absolute Gasteiger partial charge is 0.318 e. The van der Waals surface area contributed by atoms with E-state index in [0.717, 1.165) is 0 Å². The fraction of sp³-hybridized carbons (Fsp3) is 0.125. The maximum atomic E-state index is 12.3. The first-order valence-electron chi connectivity index (χ1n) is 7.12. The first-order chi connectivity index (χ1) is 11.5. The number of carbonyl (C=O) groups is 1. The van der Waals surface area contributed by atoms with Crippen LogP contribution in [0.25, 0.3) is 5.69 Å². The Kier molecular flexibility index (Phi) is 4.18. The summed E-state index contributed by atoms with van der Waals surface area (Å²) in [6, 6.07) is 10.1. The molecule has 0 saturated heterocycles. The van der Waals surface area contributed by atoms with E-state index in [1.54, 1.807) is 26.1 Å². The van der Waals surface area contributed by atoms with Crippen molar-refractivity contribution >= 4 is 23.2 Å². The average molecular weight is 344 g/mol. The van der Waals surface area contributed by atoms with Gasteiger partial charge in [-0.3, -0.25) is 9.59 Å². The first-order valence-corrected chi connectivity index (χ1v) is 7.50. The number of aromatic nitrogens is 4. The average Bonchev–Trinajstić information content (AvgIpc) is 2.93. The lowest BCUT2D eigenvalue weighted by atomic mass is 10.3. The SMILES string of the molecule is Cc1nc(C(=O)Nc2ccc(=O)n(C)c2)nn1-c1ccccc1Cl. The monoisotopic (exact) mass is 343 g/mol. The molecule has 2 aromatic heterocycles. The Bertz CT molecular complexity index is 977. The fourth-order valence-corrected chi connectivity index (χ4v) is 2.41. The van der Waals surface area contributed by atoms with Crippen molar-refractivity contribution < 1.29 is 4.79 Å². The highest BCUT2D eigenvalue weighted by atomic mass is 35.5. The number of nitrogens with one attached hydrogen (secondary N) is 1. The molecule has 0 aliphatic rings. The molecule has 2 heterocycles. The summed E-state index contributed by atoms with van der Waals surface area (Å²) < 4.78 is 2.88. The summed E-state index contributed by atoms with van der Waals surface area (Å²) >= 11 is 6.16. The van der Waals surface area contributed by atoms with Crippen molar-refractivity contribution in [3.05, 3.63) is 69.6 Å². The van der Waals surface area contributed by atoms with Gasteiger partial charge in [-0.25, -0.2) is 9.67 Å². The number of halogens is 1. The number of carbonyl (C=O) groups excluding carboxylic acids is 1. The third kappa shape index (κ3) is 3.07. The predicted molar refractivity (Wildman–Crippen MR) is 90.7 cm³/mol. The summed E-state index contributed by atoms with van der Waals surface area (Å²) in [7, 11) is 1.60. The molecule has 0 saturated carbocycles. The molecule has 0 spiro atoms. The van der Waals surface area contributed by atoms with E-state index in [1.807, 2.05) is 12.1 Å². The normalized spacial score (nSPS) is 10.6. The van der Waals surface area contributed by atoms with Gasteiger partial charge < -0.3 is 9.88 Å². The van der Waals surface area contributed by atoms with Crippen molar-refractivity contribution in [2.45, 2.75) is 6.92 Å². The second-order valence-electron chi connectivity index (χ2n) is 5.17. The molecule has 0 bridgehead atoms. The number of hydrogen-bond donors (Lipinski definition) is 1. The van der Waals surface area contributed by atoms with Gasteiger partial charge in [0.2, 0.25) is 11.4 Å². The number of hydrogen-bond acceptors (Lipinski definition) is 4. The van der Waals surface area contributed by atoms with Crippen LogP contribution in [0, 0.1) is 6.92 Å². The van der Waals surface area contributed by atoms with Gasteiger partial charge >= 0.3 is 0 Å². The van der Waals surface area contributed by atoms with Gasteiger partial charge in [0.05, 0.1) is 16.4 Å². The van der Waals surface area contributed by atoms with Crippen LogP contribution < -0.4 is 10.9 Å². The summed E-state index contributed by atoms with van der Waals surface area (Å²) in [5.41, 5.74) is 0.962. The molecule has 3 rings (SSSR count). The molecule has 3 aromatic rings. The van der Waals surface area contributed by atoms with Gasteiger partial charge in [0.1, 0.15) is 5.82 Å². The van der Waals surface area contributed by atoms with Crippen LogP contribution in [0.1, 0.15) is 16.4 Å². The van der Waals surface area contributed by atoms with Crippen LogP contribution in [-0.2, 0) is 7.05 Å². The number of anilines is 1. The molecular weight excluding hydrogens is 330 g/mol. The lowest BCUT2D eigenvalue weighted by Gasteiger charge is -2.05. The number of amides is 1. The van der Waals surface area contributed by atoms with E-state index < -0.39 is 5.91 Å². The quantitative estimate of drug-likeness (QED) is 0.790. The van der Waals surface area contributed by atoms with Gasteiger partial charge in [0, 0.05) is 19.3 Å². The van der Waals surface area contributed by atoms with Crippen LogP contribution in [0.15, 0.2) is 47.4 Å². The van der Waals surface area contributed by atoms with Crippen LogP contribution in [-0.4, -0.2) is 25.2 Å². The van der Waals surface area contributed by atoms with E-state index in [4.69, 9.17) is 11.6 Å². The van der Waals surface area contributed by atoms with Crippen LogP contribution >= 0.6 is 11.6 Å². The van der Waals surface area contributed by atoms with Gasteiger partial charge in [-0.15, -0.1) is 5.10 Å².